The molecule has 0 aromatic heterocycles. The Morgan fingerprint density at radius 2 is 2.14 bits per heavy atom. The summed E-state index contributed by atoms with van der Waals surface area (Å²) in [6.07, 6.45) is 2.80. The summed E-state index contributed by atoms with van der Waals surface area (Å²) in [5.41, 5.74) is 1.57. The van der Waals surface area contributed by atoms with Crippen LogP contribution in [0, 0.1) is 12.8 Å². The van der Waals surface area contributed by atoms with Crippen molar-refractivity contribution in [1.29, 1.82) is 0 Å². The molecule has 22 heavy (non-hydrogen) atoms. The van der Waals surface area contributed by atoms with Crippen LogP contribution in [0.4, 0.5) is 0 Å². The molecule has 0 amide bonds. The molecule has 0 radical (unpaired) electrons. The first-order chi connectivity index (χ1) is 10.6. The SMILES string of the molecule is CCOC(=O)C1=CC(CC)C(Sc2cc(OC)ccc2C)=N1. The van der Waals surface area contributed by atoms with Gasteiger partial charge in [0, 0.05) is 10.8 Å². The Hall–Kier alpha value is -1.75. The number of aliphatic imine (C=N–C) groups is 1. The van der Waals surface area contributed by atoms with Gasteiger partial charge in [0.2, 0.25) is 0 Å². The molecular weight excluding hydrogens is 298 g/mol. The molecule has 0 bridgehead atoms. The molecule has 1 aromatic carbocycles. The summed E-state index contributed by atoms with van der Waals surface area (Å²) < 4.78 is 10.3. The minimum absolute atomic E-state index is 0.162. The third-order valence-corrected chi connectivity index (χ3v) is 4.70. The van der Waals surface area contributed by atoms with Crippen molar-refractivity contribution >= 4 is 22.8 Å². The van der Waals surface area contributed by atoms with Crippen molar-refractivity contribution in [3.8, 4) is 5.75 Å². The predicted molar refractivity (Wildman–Crippen MR) is 89.5 cm³/mol. The molecule has 0 saturated carbocycles. The number of ether oxygens (including phenoxy) is 2. The average molecular weight is 319 g/mol. The molecule has 0 aliphatic carbocycles. The fraction of sp³-hybridized carbons (Fsp3) is 0.412. The summed E-state index contributed by atoms with van der Waals surface area (Å²) in [6, 6.07) is 5.96. The van der Waals surface area contributed by atoms with E-state index in [1.54, 1.807) is 25.8 Å². The number of rotatable bonds is 5. The second-order valence-electron chi connectivity index (χ2n) is 4.97. The highest BCUT2D eigenvalue weighted by atomic mass is 32.2. The molecular formula is C17H21NO3S. The lowest BCUT2D eigenvalue weighted by atomic mass is 10.1. The topological polar surface area (TPSA) is 47.9 Å². The normalized spacial score (nSPS) is 17.0. The quantitative estimate of drug-likeness (QED) is 0.770. The maximum absolute atomic E-state index is 11.8. The molecule has 2 rings (SSSR count). The molecule has 0 spiro atoms. The Labute approximate surface area is 135 Å². The van der Waals surface area contributed by atoms with Gasteiger partial charge in [-0.25, -0.2) is 9.79 Å². The van der Waals surface area contributed by atoms with Crippen molar-refractivity contribution < 1.29 is 14.3 Å². The Morgan fingerprint density at radius 1 is 1.36 bits per heavy atom. The zero-order valence-corrected chi connectivity index (χ0v) is 14.2. The van der Waals surface area contributed by atoms with Crippen molar-refractivity contribution in [3.63, 3.8) is 0 Å². The number of aryl methyl sites for hydroxylation is 1. The molecule has 1 aromatic rings. The number of methoxy groups -OCH3 is 1. The van der Waals surface area contributed by atoms with Crippen LogP contribution in [0.3, 0.4) is 0 Å². The summed E-state index contributed by atoms with van der Waals surface area (Å²) in [7, 11) is 1.65. The minimum Gasteiger partial charge on any atom is -0.497 e. The predicted octanol–water partition coefficient (Wildman–Crippen LogP) is 3.98. The van der Waals surface area contributed by atoms with E-state index >= 15 is 0 Å². The van der Waals surface area contributed by atoms with E-state index in [-0.39, 0.29) is 11.9 Å². The maximum atomic E-state index is 11.8. The molecule has 0 N–H and O–H groups in total. The molecule has 0 fully saturated rings. The highest BCUT2D eigenvalue weighted by Crippen LogP contribution is 2.35. The van der Waals surface area contributed by atoms with E-state index in [0.29, 0.717) is 12.3 Å². The Kier molecular flexibility index (Phi) is 5.66. The molecule has 118 valence electrons. The highest BCUT2D eigenvalue weighted by molar-refractivity contribution is 8.14. The van der Waals surface area contributed by atoms with Crippen LogP contribution in [0.2, 0.25) is 0 Å². The third-order valence-electron chi connectivity index (χ3n) is 3.44. The monoisotopic (exact) mass is 319 g/mol. The van der Waals surface area contributed by atoms with Crippen molar-refractivity contribution in [1.82, 2.24) is 0 Å². The molecule has 1 heterocycles. The van der Waals surface area contributed by atoms with Crippen molar-refractivity contribution in [2.24, 2.45) is 10.9 Å². The Balaban J connectivity index is 2.22. The van der Waals surface area contributed by atoms with Gasteiger partial charge in [-0.1, -0.05) is 24.8 Å². The van der Waals surface area contributed by atoms with Gasteiger partial charge in [0.1, 0.15) is 11.4 Å². The van der Waals surface area contributed by atoms with Crippen LogP contribution >= 0.6 is 11.8 Å². The van der Waals surface area contributed by atoms with Gasteiger partial charge in [0.15, 0.2) is 0 Å². The smallest absolute Gasteiger partial charge is 0.356 e. The highest BCUT2D eigenvalue weighted by Gasteiger charge is 2.25. The van der Waals surface area contributed by atoms with Gasteiger partial charge in [0.05, 0.1) is 18.8 Å². The summed E-state index contributed by atoms with van der Waals surface area (Å²) in [6.45, 7) is 6.30. The molecule has 5 heteroatoms. The van der Waals surface area contributed by atoms with Crippen LogP contribution < -0.4 is 4.74 Å². The van der Waals surface area contributed by atoms with E-state index in [1.807, 2.05) is 24.3 Å². The Morgan fingerprint density at radius 3 is 2.77 bits per heavy atom. The van der Waals surface area contributed by atoms with Crippen LogP contribution in [0.1, 0.15) is 25.8 Å². The average Bonchev–Trinajstić information content (AvgIpc) is 2.93. The molecule has 4 nitrogen and oxygen atoms in total. The number of hydrogen-bond acceptors (Lipinski definition) is 5. The summed E-state index contributed by atoms with van der Waals surface area (Å²) >= 11 is 1.59. The van der Waals surface area contributed by atoms with Crippen LogP contribution in [-0.2, 0) is 9.53 Å². The number of esters is 1. The van der Waals surface area contributed by atoms with E-state index in [2.05, 4.69) is 18.8 Å². The van der Waals surface area contributed by atoms with Gasteiger partial charge in [-0.2, -0.15) is 0 Å². The largest absolute Gasteiger partial charge is 0.497 e. The number of benzene rings is 1. The van der Waals surface area contributed by atoms with E-state index in [9.17, 15) is 4.79 Å². The molecule has 0 saturated heterocycles. The van der Waals surface area contributed by atoms with E-state index in [1.165, 1.54) is 0 Å². The first-order valence-corrected chi connectivity index (χ1v) is 8.20. The first-order valence-electron chi connectivity index (χ1n) is 7.39. The summed E-state index contributed by atoms with van der Waals surface area (Å²) in [4.78, 5) is 17.4. The van der Waals surface area contributed by atoms with Crippen LogP contribution in [0.25, 0.3) is 0 Å². The van der Waals surface area contributed by atoms with Crippen molar-refractivity contribution in [3.05, 3.63) is 35.5 Å². The maximum Gasteiger partial charge on any atom is 0.356 e. The van der Waals surface area contributed by atoms with E-state index in [4.69, 9.17) is 9.47 Å². The Bertz CT molecular complexity index is 622. The number of thioether (sulfide) groups is 1. The van der Waals surface area contributed by atoms with E-state index in [0.717, 1.165) is 27.7 Å². The lowest BCUT2D eigenvalue weighted by Crippen LogP contribution is -2.04. The number of hydrogen-bond donors (Lipinski definition) is 0. The molecule has 1 aliphatic rings. The number of carbonyl (C=O) groups is 1. The van der Waals surface area contributed by atoms with Gasteiger partial charge < -0.3 is 9.47 Å². The number of carbonyl (C=O) groups excluding carboxylic acids is 1. The zero-order chi connectivity index (χ0) is 16.1. The lowest BCUT2D eigenvalue weighted by molar-refractivity contribution is -0.138. The van der Waals surface area contributed by atoms with Crippen LogP contribution in [0.15, 0.2) is 39.9 Å². The van der Waals surface area contributed by atoms with Gasteiger partial charge in [-0.05, 0) is 44.0 Å². The first kappa shape index (κ1) is 16.6. The third kappa shape index (κ3) is 3.71. The molecule has 1 aliphatic heterocycles. The van der Waals surface area contributed by atoms with Crippen LogP contribution in [0.5, 0.6) is 5.75 Å². The lowest BCUT2D eigenvalue weighted by Gasteiger charge is -2.11. The minimum atomic E-state index is -0.348. The summed E-state index contributed by atoms with van der Waals surface area (Å²) in [5, 5.41) is 0.932. The van der Waals surface area contributed by atoms with Gasteiger partial charge in [-0.3, -0.25) is 0 Å². The standard InChI is InChI=1S/C17H21NO3S/c1-5-12-9-14(17(19)21-6-2)18-16(12)22-15-10-13(20-4)8-7-11(15)3/h7-10,12H,5-6H2,1-4H3. The van der Waals surface area contributed by atoms with E-state index < -0.39 is 0 Å². The van der Waals surface area contributed by atoms with Crippen LogP contribution in [-0.4, -0.2) is 24.7 Å². The second kappa shape index (κ2) is 7.49. The zero-order valence-electron chi connectivity index (χ0n) is 13.4. The molecule has 1 atom stereocenters. The van der Waals surface area contributed by atoms with Crippen molar-refractivity contribution in [2.45, 2.75) is 32.1 Å². The van der Waals surface area contributed by atoms with Gasteiger partial charge in [-0.15, -0.1) is 0 Å². The summed E-state index contributed by atoms with van der Waals surface area (Å²) in [5.74, 6) is 0.632. The number of nitrogens with zero attached hydrogens (tertiary/aromatic N) is 1. The van der Waals surface area contributed by atoms with Gasteiger partial charge in [0.25, 0.3) is 0 Å². The van der Waals surface area contributed by atoms with Gasteiger partial charge >= 0.3 is 5.97 Å². The second-order valence-corrected chi connectivity index (χ2v) is 6.03. The van der Waals surface area contributed by atoms with Crippen molar-refractivity contribution in [2.75, 3.05) is 13.7 Å². The fourth-order valence-electron chi connectivity index (χ4n) is 2.14. The molecule has 1 unspecified atom stereocenters. The fourth-order valence-corrected chi connectivity index (χ4v) is 3.30. The number of allylic oxidation sites excluding steroid dienone is 1.